The topological polar surface area (TPSA) is 111 Å². The first-order chi connectivity index (χ1) is 39.0. The van der Waals surface area contributed by atoms with E-state index in [-0.39, 0.29) is 26.1 Å². The Kier molecular flexibility index (Phi) is 55.6. The molecule has 0 aliphatic rings. The van der Waals surface area contributed by atoms with Crippen molar-refractivity contribution < 1.29 is 42.1 Å². The van der Waals surface area contributed by atoms with Gasteiger partial charge >= 0.3 is 11.9 Å². The predicted octanol–water partition coefficient (Wildman–Crippen LogP) is 19.2. The van der Waals surface area contributed by atoms with Crippen LogP contribution in [0.4, 0.5) is 0 Å². The van der Waals surface area contributed by atoms with Crippen molar-refractivity contribution in [2.24, 2.45) is 0 Å². The molecule has 0 spiro atoms. The van der Waals surface area contributed by atoms with E-state index in [1.165, 1.54) is 44.9 Å². The monoisotopic (exact) mass is 1130 g/mol. The average molecular weight is 1130 g/mol. The van der Waals surface area contributed by atoms with Gasteiger partial charge in [-0.1, -0.05) is 229 Å². The number of carbonyl (C=O) groups is 2. The molecular formula is C70H112NO8P. The zero-order chi connectivity index (χ0) is 58.4. The van der Waals surface area contributed by atoms with Gasteiger partial charge in [-0.05, 0) is 135 Å². The van der Waals surface area contributed by atoms with Crippen LogP contribution >= 0.6 is 7.82 Å². The maximum atomic E-state index is 12.8. The van der Waals surface area contributed by atoms with Crippen LogP contribution in [0.3, 0.4) is 0 Å². The maximum Gasteiger partial charge on any atom is 0.306 e. The van der Waals surface area contributed by atoms with Crippen LogP contribution < -0.4 is 4.89 Å². The first-order valence-corrected chi connectivity index (χ1v) is 32.3. The number of rotatable bonds is 54. The Bertz CT molecular complexity index is 1950. The molecule has 0 saturated carbocycles. The van der Waals surface area contributed by atoms with Gasteiger partial charge in [-0.15, -0.1) is 0 Å². The summed E-state index contributed by atoms with van der Waals surface area (Å²) in [4.78, 5) is 37.8. The van der Waals surface area contributed by atoms with E-state index < -0.39 is 32.5 Å². The van der Waals surface area contributed by atoms with Crippen molar-refractivity contribution in [1.82, 2.24) is 0 Å². The first-order valence-electron chi connectivity index (χ1n) is 30.8. The standard InChI is InChI=1S/C70H112NO8P/c1-6-8-10-12-14-16-18-20-22-24-25-26-27-28-29-30-31-32-33-34-35-36-37-38-39-40-41-42-43-44-45-47-49-51-53-55-57-59-61-63-70(73)79-68(67-78-80(74,75)77-65-64-71(3,4)5)66-76-69(72)62-60-58-56-54-52-50-48-46-23-21-19-17-15-13-11-9-7-2/h8,10,14-17,20-23,25-26,28-29,31-32,34-35,37-38,40-41,43-44,47,49,53,55,68H,6-7,9,11-13,18-19,24,27,30,33,36,39,42,45-46,48,50-52,54,56-67H2,1-5H3/b10-8-,16-14-,17-15-,22-20-,23-21-,26-25-,29-28-,32-31-,35-34-,38-37-,41-40-,44-43-,49-47-,55-53-. The van der Waals surface area contributed by atoms with Gasteiger partial charge in [0.25, 0.3) is 7.82 Å². The Morgan fingerprint density at radius 2 is 0.713 bits per heavy atom. The fraction of sp³-hybridized carbons (Fsp3) is 0.571. The molecule has 0 rings (SSSR count). The summed E-state index contributed by atoms with van der Waals surface area (Å²) in [5.41, 5.74) is 0. The summed E-state index contributed by atoms with van der Waals surface area (Å²) < 4.78 is 34.1. The lowest BCUT2D eigenvalue weighted by Gasteiger charge is -2.28. The summed E-state index contributed by atoms with van der Waals surface area (Å²) in [6.07, 6.45) is 89.8. The van der Waals surface area contributed by atoms with Crippen LogP contribution in [0, 0.1) is 0 Å². The second-order valence-corrected chi connectivity index (χ2v) is 22.4. The van der Waals surface area contributed by atoms with Gasteiger partial charge in [0, 0.05) is 12.8 Å². The van der Waals surface area contributed by atoms with Crippen LogP contribution in [-0.2, 0) is 32.7 Å². The van der Waals surface area contributed by atoms with Crippen LogP contribution in [0.1, 0.15) is 206 Å². The van der Waals surface area contributed by atoms with Gasteiger partial charge in [-0.25, -0.2) is 0 Å². The predicted molar refractivity (Wildman–Crippen MR) is 341 cm³/mol. The van der Waals surface area contributed by atoms with E-state index in [0.29, 0.717) is 23.9 Å². The number of unbranched alkanes of at least 4 members (excludes halogenated alkanes) is 12. The van der Waals surface area contributed by atoms with Crippen molar-refractivity contribution in [2.45, 2.75) is 213 Å². The zero-order valence-corrected chi connectivity index (χ0v) is 51.8. The lowest BCUT2D eigenvalue weighted by molar-refractivity contribution is -0.870. The molecular weight excluding hydrogens is 1010 g/mol. The summed E-state index contributed by atoms with van der Waals surface area (Å²) >= 11 is 0. The molecule has 0 N–H and O–H groups in total. The van der Waals surface area contributed by atoms with Gasteiger partial charge in [0.15, 0.2) is 6.10 Å². The third-order valence-corrected chi connectivity index (χ3v) is 13.2. The molecule has 0 aliphatic heterocycles. The Morgan fingerprint density at radius 3 is 1.09 bits per heavy atom. The number of carbonyl (C=O) groups excluding carboxylic acids is 2. The number of ether oxygens (including phenoxy) is 2. The van der Waals surface area contributed by atoms with Crippen LogP contribution in [-0.4, -0.2) is 70.0 Å². The van der Waals surface area contributed by atoms with Crippen LogP contribution in [0.5, 0.6) is 0 Å². The zero-order valence-electron chi connectivity index (χ0n) is 50.9. The Balaban J connectivity index is 4.26. The van der Waals surface area contributed by atoms with Crippen molar-refractivity contribution in [3.63, 3.8) is 0 Å². The number of nitrogens with zero attached hydrogens (tertiary/aromatic N) is 1. The maximum absolute atomic E-state index is 12.8. The quantitative estimate of drug-likeness (QED) is 0.0195. The summed E-state index contributed by atoms with van der Waals surface area (Å²) in [6.45, 7) is 4.01. The van der Waals surface area contributed by atoms with Gasteiger partial charge in [0.2, 0.25) is 0 Å². The van der Waals surface area contributed by atoms with Crippen molar-refractivity contribution in [2.75, 3.05) is 47.5 Å². The highest BCUT2D eigenvalue weighted by atomic mass is 31.2. The molecule has 80 heavy (non-hydrogen) atoms. The van der Waals surface area contributed by atoms with E-state index in [0.717, 1.165) is 122 Å². The van der Waals surface area contributed by atoms with Gasteiger partial charge < -0.3 is 27.9 Å². The Morgan fingerprint density at radius 1 is 0.400 bits per heavy atom. The molecule has 9 nitrogen and oxygen atoms in total. The smallest absolute Gasteiger partial charge is 0.306 e. The number of likely N-dealkylation sites (N-methyl/N-ethyl adjacent to an activating group) is 1. The van der Waals surface area contributed by atoms with E-state index in [4.69, 9.17) is 18.5 Å². The number of hydrogen-bond acceptors (Lipinski definition) is 8. The van der Waals surface area contributed by atoms with E-state index in [2.05, 4.69) is 184 Å². The minimum absolute atomic E-state index is 0.0503. The molecule has 10 heteroatoms. The van der Waals surface area contributed by atoms with Gasteiger partial charge in [0.1, 0.15) is 19.8 Å². The van der Waals surface area contributed by atoms with E-state index in [1.807, 2.05) is 21.1 Å². The molecule has 0 aromatic rings. The van der Waals surface area contributed by atoms with Gasteiger partial charge in [0.05, 0.1) is 27.7 Å². The molecule has 0 aliphatic carbocycles. The van der Waals surface area contributed by atoms with Crippen LogP contribution in [0.15, 0.2) is 170 Å². The molecule has 0 aromatic heterocycles. The van der Waals surface area contributed by atoms with Crippen molar-refractivity contribution >= 4 is 19.8 Å². The summed E-state index contributed by atoms with van der Waals surface area (Å²) in [5, 5.41) is 0. The molecule has 0 radical (unpaired) electrons. The number of esters is 2. The molecule has 0 bridgehead atoms. The normalized spacial score (nSPS) is 14.4. The fourth-order valence-electron chi connectivity index (χ4n) is 7.49. The molecule has 0 aromatic carbocycles. The number of hydrogen-bond donors (Lipinski definition) is 0. The summed E-state index contributed by atoms with van der Waals surface area (Å²) in [5.74, 6) is -0.908. The van der Waals surface area contributed by atoms with Crippen molar-refractivity contribution in [3.05, 3.63) is 170 Å². The fourth-order valence-corrected chi connectivity index (χ4v) is 8.22. The largest absolute Gasteiger partial charge is 0.756 e. The molecule has 0 amide bonds. The number of allylic oxidation sites excluding steroid dienone is 28. The minimum atomic E-state index is -4.66. The van der Waals surface area contributed by atoms with Crippen LogP contribution in [0.25, 0.3) is 0 Å². The molecule has 0 saturated heterocycles. The Hall–Kier alpha value is -4.63. The van der Waals surface area contributed by atoms with E-state index in [1.54, 1.807) is 0 Å². The number of phosphoric ester groups is 1. The van der Waals surface area contributed by atoms with Gasteiger partial charge in [-0.2, -0.15) is 0 Å². The Labute approximate surface area is 489 Å². The van der Waals surface area contributed by atoms with E-state index >= 15 is 0 Å². The third kappa shape index (κ3) is 62.6. The SMILES string of the molecule is CC/C=C\C/C=C\C/C=C\C/C=C\C/C=C\C/C=C\C/C=C\C/C=C\C/C=C\C/C=C\C/C=C\C/C=C\CCCCC(=O)OC(COC(=O)CCCCCCCCC/C=C\C/C=C\CCCCC)COP(=O)([O-])OCC[N+](C)(C)C. The molecule has 0 fully saturated rings. The summed E-state index contributed by atoms with van der Waals surface area (Å²) in [7, 11) is 1.11. The molecule has 0 heterocycles. The lowest BCUT2D eigenvalue weighted by Crippen LogP contribution is -2.37. The number of quaternary nitrogens is 1. The minimum Gasteiger partial charge on any atom is -0.756 e. The highest BCUT2D eigenvalue weighted by Gasteiger charge is 2.21. The highest BCUT2D eigenvalue weighted by Crippen LogP contribution is 2.38. The number of phosphoric acid groups is 1. The third-order valence-electron chi connectivity index (χ3n) is 12.2. The lowest BCUT2D eigenvalue weighted by atomic mass is 10.1. The summed E-state index contributed by atoms with van der Waals surface area (Å²) in [6, 6.07) is 0. The molecule has 2 unspecified atom stereocenters. The van der Waals surface area contributed by atoms with Crippen molar-refractivity contribution in [1.29, 1.82) is 0 Å². The molecule has 450 valence electrons. The second kappa shape index (κ2) is 59.0. The van der Waals surface area contributed by atoms with E-state index in [9.17, 15) is 19.0 Å². The van der Waals surface area contributed by atoms with Gasteiger partial charge in [-0.3, -0.25) is 14.2 Å². The highest BCUT2D eigenvalue weighted by molar-refractivity contribution is 7.45. The first kappa shape index (κ1) is 75.4. The average Bonchev–Trinajstić information content (AvgIpc) is 3.42. The molecule has 2 atom stereocenters. The second-order valence-electron chi connectivity index (χ2n) is 21.0. The van der Waals surface area contributed by atoms with Crippen molar-refractivity contribution in [3.8, 4) is 0 Å². The van der Waals surface area contributed by atoms with Crippen LogP contribution in [0.2, 0.25) is 0 Å².